The second kappa shape index (κ2) is 5.96. The van der Waals surface area contributed by atoms with Crippen LogP contribution in [0.3, 0.4) is 0 Å². The van der Waals surface area contributed by atoms with Crippen molar-refractivity contribution in [2.24, 2.45) is 5.92 Å². The van der Waals surface area contributed by atoms with Crippen molar-refractivity contribution in [1.29, 1.82) is 0 Å². The predicted octanol–water partition coefficient (Wildman–Crippen LogP) is 4.87. The highest BCUT2D eigenvalue weighted by Gasteiger charge is 2.26. The molecule has 0 saturated heterocycles. The molecule has 0 aliphatic carbocycles. The Labute approximate surface area is 120 Å². The molecule has 20 heavy (non-hydrogen) atoms. The van der Waals surface area contributed by atoms with Gasteiger partial charge < -0.3 is 4.74 Å². The Hall–Kier alpha value is -2.02. The van der Waals surface area contributed by atoms with Gasteiger partial charge in [0, 0.05) is 17.4 Å². The van der Waals surface area contributed by atoms with Crippen LogP contribution in [-0.4, -0.2) is 6.61 Å². The first kappa shape index (κ1) is 13.0. The van der Waals surface area contributed by atoms with Crippen molar-refractivity contribution in [2.75, 3.05) is 6.61 Å². The van der Waals surface area contributed by atoms with Crippen molar-refractivity contribution in [2.45, 2.75) is 19.3 Å². The van der Waals surface area contributed by atoms with E-state index in [0.29, 0.717) is 11.8 Å². The third kappa shape index (κ3) is 2.62. The number of allylic oxidation sites excluding steroid dienone is 1. The largest absolute Gasteiger partial charge is 0.493 e. The lowest BCUT2D eigenvalue weighted by Gasteiger charge is -2.30. The van der Waals surface area contributed by atoms with Gasteiger partial charge in [0.05, 0.1) is 6.61 Å². The summed E-state index contributed by atoms with van der Waals surface area (Å²) in [6.45, 7) is 3.04. The summed E-state index contributed by atoms with van der Waals surface area (Å²) in [6.07, 6.45) is 3.43. The van der Waals surface area contributed by atoms with E-state index in [2.05, 4.69) is 67.6 Å². The molecule has 0 unspecified atom stereocenters. The molecule has 0 bridgehead atoms. The van der Waals surface area contributed by atoms with Crippen LogP contribution in [0.4, 0.5) is 0 Å². The molecule has 102 valence electrons. The third-order valence-corrected chi connectivity index (χ3v) is 4.06. The minimum absolute atomic E-state index is 0.449. The third-order valence-electron chi connectivity index (χ3n) is 4.06. The lowest BCUT2D eigenvalue weighted by Crippen LogP contribution is -2.21. The van der Waals surface area contributed by atoms with Crippen LogP contribution in [0.2, 0.25) is 0 Å². The Morgan fingerprint density at radius 3 is 2.25 bits per heavy atom. The number of hydrogen-bond acceptors (Lipinski definition) is 1. The van der Waals surface area contributed by atoms with Crippen molar-refractivity contribution in [3.8, 4) is 0 Å². The normalized spacial score (nSPS) is 21.9. The maximum atomic E-state index is 5.98. The summed E-state index contributed by atoms with van der Waals surface area (Å²) in [4.78, 5) is 0. The molecule has 1 aliphatic rings. The average molecular weight is 264 g/mol. The molecule has 0 aromatic heterocycles. The van der Waals surface area contributed by atoms with Gasteiger partial charge in [-0.25, -0.2) is 0 Å². The molecule has 0 spiro atoms. The molecule has 0 amide bonds. The van der Waals surface area contributed by atoms with Gasteiger partial charge in [0.1, 0.15) is 5.76 Å². The zero-order chi connectivity index (χ0) is 13.8. The van der Waals surface area contributed by atoms with E-state index in [4.69, 9.17) is 4.74 Å². The summed E-state index contributed by atoms with van der Waals surface area (Å²) in [5, 5.41) is 0. The molecule has 2 atom stereocenters. The van der Waals surface area contributed by atoms with Crippen LogP contribution < -0.4 is 0 Å². The molecular weight excluding hydrogens is 244 g/mol. The minimum atomic E-state index is 0.449. The van der Waals surface area contributed by atoms with E-state index in [1.807, 2.05) is 6.07 Å². The van der Waals surface area contributed by atoms with Crippen LogP contribution in [0.25, 0.3) is 5.76 Å². The summed E-state index contributed by atoms with van der Waals surface area (Å²) in [5.74, 6) is 2.03. The lowest BCUT2D eigenvalue weighted by molar-refractivity contribution is 0.183. The molecule has 2 aromatic rings. The van der Waals surface area contributed by atoms with Crippen LogP contribution in [0.1, 0.15) is 30.4 Å². The van der Waals surface area contributed by atoms with Crippen LogP contribution in [0.15, 0.2) is 66.7 Å². The fraction of sp³-hybridized carbons (Fsp3) is 0.263. The highest BCUT2D eigenvalue weighted by molar-refractivity contribution is 5.61. The van der Waals surface area contributed by atoms with Crippen molar-refractivity contribution < 1.29 is 4.74 Å². The molecule has 0 saturated carbocycles. The van der Waals surface area contributed by atoms with Gasteiger partial charge in [-0.15, -0.1) is 0 Å². The van der Waals surface area contributed by atoms with Gasteiger partial charge in [-0.3, -0.25) is 0 Å². The Balaban J connectivity index is 1.96. The summed E-state index contributed by atoms with van der Waals surface area (Å²) < 4.78 is 5.98. The second-order valence-corrected chi connectivity index (χ2v) is 5.31. The fourth-order valence-electron chi connectivity index (χ4n) is 2.85. The average Bonchev–Trinajstić information content (AvgIpc) is 2.56. The molecule has 2 aromatic carbocycles. The Bertz CT molecular complexity index is 571. The van der Waals surface area contributed by atoms with E-state index in [-0.39, 0.29) is 0 Å². The minimum Gasteiger partial charge on any atom is -0.493 e. The van der Waals surface area contributed by atoms with Crippen molar-refractivity contribution >= 4 is 5.76 Å². The van der Waals surface area contributed by atoms with Gasteiger partial charge in [0.15, 0.2) is 0 Å². The number of rotatable bonds is 3. The maximum absolute atomic E-state index is 5.98. The molecule has 0 N–H and O–H groups in total. The fourth-order valence-corrected chi connectivity index (χ4v) is 2.85. The number of ether oxygens (including phenoxy) is 1. The molecule has 3 rings (SSSR count). The van der Waals surface area contributed by atoms with Crippen LogP contribution in [-0.2, 0) is 4.74 Å². The maximum Gasteiger partial charge on any atom is 0.123 e. The summed E-state index contributed by atoms with van der Waals surface area (Å²) in [7, 11) is 0. The second-order valence-electron chi connectivity index (χ2n) is 5.31. The lowest BCUT2D eigenvalue weighted by atomic mass is 9.82. The van der Waals surface area contributed by atoms with Crippen molar-refractivity contribution in [1.82, 2.24) is 0 Å². The molecule has 1 heteroatoms. The molecule has 1 nitrogen and oxygen atoms in total. The summed E-state index contributed by atoms with van der Waals surface area (Å²) in [5.41, 5.74) is 2.55. The van der Waals surface area contributed by atoms with Gasteiger partial charge >= 0.3 is 0 Å². The smallest absolute Gasteiger partial charge is 0.123 e. The SMILES string of the molecule is CC[C@@H]1COC(c2ccccc2)=C[C@H]1c1ccccc1. The standard InChI is InChI=1S/C19H20O/c1-2-15-14-20-19(17-11-7-4-8-12-17)13-18(15)16-9-5-3-6-10-16/h3-13,15,18H,2,14H2,1H3/t15-,18-/m1/s1. The van der Waals surface area contributed by atoms with Gasteiger partial charge in [-0.2, -0.15) is 0 Å². The van der Waals surface area contributed by atoms with Gasteiger partial charge in [0.2, 0.25) is 0 Å². The van der Waals surface area contributed by atoms with E-state index in [1.54, 1.807) is 0 Å². The summed E-state index contributed by atoms with van der Waals surface area (Å²) >= 11 is 0. The van der Waals surface area contributed by atoms with Crippen LogP contribution in [0, 0.1) is 5.92 Å². The van der Waals surface area contributed by atoms with Gasteiger partial charge in [0.25, 0.3) is 0 Å². The highest BCUT2D eigenvalue weighted by atomic mass is 16.5. The van der Waals surface area contributed by atoms with E-state index < -0.39 is 0 Å². The van der Waals surface area contributed by atoms with Crippen molar-refractivity contribution in [3.63, 3.8) is 0 Å². The quantitative estimate of drug-likeness (QED) is 0.768. The van der Waals surface area contributed by atoms with Gasteiger partial charge in [-0.1, -0.05) is 67.6 Å². The first-order chi connectivity index (χ1) is 9.88. The van der Waals surface area contributed by atoms with E-state index in [1.165, 1.54) is 11.1 Å². The first-order valence-corrected chi connectivity index (χ1v) is 7.33. The first-order valence-electron chi connectivity index (χ1n) is 7.33. The molecule has 0 radical (unpaired) electrons. The van der Waals surface area contributed by atoms with E-state index in [0.717, 1.165) is 18.8 Å². The molecular formula is C19H20O. The topological polar surface area (TPSA) is 9.23 Å². The van der Waals surface area contributed by atoms with Crippen LogP contribution in [0.5, 0.6) is 0 Å². The van der Waals surface area contributed by atoms with Crippen molar-refractivity contribution in [3.05, 3.63) is 77.9 Å². The predicted molar refractivity (Wildman–Crippen MR) is 83.3 cm³/mol. The van der Waals surface area contributed by atoms with Crippen LogP contribution >= 0.6 is 0 Å². The molecule has 1 heterocycles. The monoisotopic (exact) mass is 264 g/mol. The van der Waals surface area contributed by atoms with Gasteiger partial charge in [-0.05, 0) is 18.1 Å². The Kier molecular flexibility index (Phi) is 3.87. The highest BCUT2D eigenvalue weighted by Crippen LogP contribution is 2.36. The Morgan fingerprint density at radius 1 is 0.950 bits per heavy atom. The van der Waals surface area contributed by atoms with E-state index >= 15 is 0 Å². The zero-order valence-electron chi connectivity index (χ0n) is 11.8. The zero-order valence-corrected chi connectivity index (χ0v) is 11.8. The molecule has 0 fully saturated rings. The number of benzene rings is 2. The number of hydrogen-bond donors (Lipinski definition) is 0. The Morgan fingerprint density at radius 2 is 1.60 bits per heavy atom. The summed E-state index contributed by atoms with van der Waals surface area (Å²) in [6, 6.07) is 21.1. The van der Waals surface area contributed by atoms with E-state index in [9.17, 15) is 0 Å². The molecule has 1 aliphatic heterocycles.